The molecular formula is C23H19N5O. The van der Waals surface area contributed by atoms with Crippen molar-refractivity contribution in [1.29, 1.82) is 0 Å². The number of para-hydroxylation sites is 1. The van der Waals surface area contributed by atoms with Gasteiger partial charge in [0.25, 0.3) is 5.91 Å². The Morgan fingerprint density at radius 3 is 2.79 bits per heavy atom. The zero-order valence-electron chi connectivity index (χ0n) is 15.6. The number of hydrogen-bond donors (Lipinski definition) is 2. The van der Waals surface area contributed by atoms with Gasteiger partial charge in [-0.05, 0) is 23.3 Å². The number of benzene rings is 2. The number of hydrogen-bond acceptors (Lipinski definition) is 3. The molecule has 5 aromatic rings. The standard InChI is InChI=1S/C23H19N5O/c29-23(20-15-27-28-12-6-11-24-22(20)28)26-13-18(16-7-2-1-3-8-16)19-14-25-21-10-5-4-9-17(19)21/h1-12,14-15,18,25H,13H2,(H,26,29)/t18-/m0/s1. The van der Waals surface area contributed by atoms with Gasteiger partial charge in [0.2, 0.25) is 0 Å². The van der Waals surface area contributed by atoms with E-state index in [1.165, 1.54) is 0 Å². The lowest BCUT2D eigenvalue weighted by molar-refractivity contribution is 0.0954. The lowest BCUT2D eigenvalue weighted by Gasteiger charge is -2.18. The van der Waals surface area contributed by atoms with Crippen molar-refractivity contribution in [1.82, 2.24) is 24.9 Å². The van der Waals surface area contributed by atoms with Crippen LogP contribution >= 0.6 is 0 Å². The van der Waals surface area contributed by atoms with E-state index in [0.717, 1.165) is 22.0 Å². The van der Waals surface area contributed by atoms with Crippen LogP contribution in [0.4, 0.5) is 0 Å². The van der Waals surface area contributed by atoms with Gasteiger partial charge in [-0.25, -0.2) is 9.50 Å². The van der Waals surface area contributed by atoms with Gasteiger partial charge in [-0.2, -0.15) is 5.10 Å². The van der Waals surface area contributed by atoms with Crippen molar-refractivity contribution in [2.75, 3.05) is 6.54 Å². The molecule has 1 amide bonds. The van der Waals surface area contributed by atoms with Crippen LogP contribution in [-0.4, -0.2) is 32.0 Å². The van der Waals surface area contributed by atoms with Crippen LogP contribution < -0.4 is 5.32 Å². The first kappa shape index (κ1) is 17.2. The number of carbonyl (C=O) groups is 1. The van der Waals surface area contributed by atoms with E-state index in [4.69, 9.17) is 0 Å². The van der Waals surface area contributed by atoms with Gasteiger partial charge in [0.05, 0.1) is 6.20 Å². The summed E-state index contributed by atoms with van der Waals surface area (Å²) in [5.74, 6) is -0.162. The van der Waals surface area contributed by atoms with Crippen molar-refractivity contribution >= 4 is 22.5 Å². The van der Waals surface area contributed by atoms with Crippen molar-refractivity contribution in [3.05, 3.63) is 102 Å². The molecule has 0 saturated heterocycles. The summed E-state index contributed by atoms with van der Waals surface area (Å²) in [5.41, 5.74) is 4.41. The summed E-state index contributed by atoms with van der Waals surface area (Å²) >= 11 is 0. The molecule has 0 radical (unpaired) electrons. The summed E-state index contributed by atoms with van der Waals surface area (Å²) in [5, 5.41) is 8.45. The van der Waals surface area contributed by atoms with Crippen LogP contribution in [0.5, 0.6) is 0 Å². The molecule has 0 aliphatic carbocycles. The van der Waals surface area contributed by atoms with Gasteiger partial charge < -0.3 is 10.3 Å². The van der Waals surface area contributed by atoms with Gasteiger partial charge in [0.1, 0.15) is 5.56 Å². The number of aromatic amines is 1. The number of carbonyl (C=O) groups excluding carboxylic acids is 1. The van der Waals surface area contributed by atoms with Crippen LogP contribution in [0.15, 0.2) is 85.5 Å². The molecule has 0 fully saturated rings. The fraction of sp³-hybridized carbons (Fsp3) is 0.0870. The second kappa shape index (κ2) is 7.24. The van der Waals surface area contributed by atoms with Crippen LogP contribution in [0.3, 0.4) is 0 Å². The van der Waals surface area contributed by atoms with Crippen LogP contribution in [0, 0.1) is 0 Å². The molecule has 1 atom stereocenters. The minimum atomic E-state index is -0.181. The van der Waals surface area contributed by atoms with Crippen molar-refractivity contribution in [3.8, 4) is 0 Å². The Labute approximate surface area is 167 Å². The molecule has 0 saturated carbocycles. The molecule has 6 nitrogen and oxygen atoms in total. The first-order valence-electron chi connectivity index (χ1n) is 9.49. The van der Waals surface area contributed by atoms with E-state index >= 15 is 0 Å². The van der Waals surface area contributed by atoms with E-state index in [0.29, 0.717) is 17.8 Å². The van der Waals surface area contributed by atoms with Crippen molar-refractivity contribution < 1.29 is 4.79 Å². The van der Waals surface area contributed by atoms with Gasteiger partial charge in [-0.3, -0.25) is 4.79 Å². The zero-order chi connectivity index (χ0) is 19.6. The Kier molecular flexibility index (Phi) is 4.29. The van der Waals surface area contributed by atoms with Crippen LogP contribution in [0.25, 0.3) is 16.6 Å². The minimum Gasteiger partial charge on any atom is -0.361 e. The molecule has 3 aromatic heterocycles. The summed E-state index contributed by atoms with van der Waals surface area (Å²) < 4.78 is 1.60. The largest absolute Gasteiger partial charge is 0.361 e. The molecule has 2 N–H and O–H groups in total. The first-order chi connectivity index (χ1) is 14.3. The fourth-order valence-corrected chi connectivity index (χ4v) is 3.75. The highest BCUT2D eigenvalue weighted by Crippen LogP contribution is 2.30. The molecule has 0 bridgehead atoms. The van der Waals surface area contributed by atoms with Crippen molar-refractivity contribution in [3.63, 3.8) is 0 Å². The minimum absolute atomic E-state index is 0.0195. The highest BCUT2D eigenvalue weighted by molar-refractivity contribution is 5.99. The third kappa shape index (κ3) is 3.14. The molecule has 2 aromatic carbocycles. The van der Waals surface area contributed by atoms with E-state index in [1.807, 2.05) is 36.5 Å². The Balaban J connectivity index is 1.47. The summed E-state index contributed by atoms with van der Waals surface area (Å²) in [6, 6.07) is 20.2. The number of nitrogens with one attached hydrogen (secondary N) is 2. The Bertz CT molecular complexity index is 1290. The predicted octanol–water partition coefficient (Wildman–Crippen LogP) is 3.77. The van der Waals surface area contributed by atoms with E-state index < -0.39 is 0 Å². The van der Waals surface area contributed by atoms with Crippen LogP contribution in [0.1, 0.15) is 27.4 Å². The van der Waals surface area contributed by atoms with Gasteiger partial charge >= 0.3 is 0 Å². The summed E-state index contributed by atoms with van der Waals surface area (Å²) in [6.45, 7) is 0.467. The molecule has 0 aliphatic rings. The van der Waals surface area contributed by atoms with Crippen molar-refractivity contribution in [2.45, 2.75) is 5.92 Å². The van der Waals surface area contributed by atoms with E-state index in [-0.39, 0.29) is 11.8 Å². The summed E-state index contributed by atoms with van der Waals surface area (Å²) in [6.07, 6.45) is 7.02. The molecule has 142 valence electrons. The maximum Gasteiger partial charge on any atom is 0.256 e. The maximum absolute atomic E-state index is 12.9. The van der Waals surface area contributed by atoms with E-state index in [2.05, 4.69) is 44.6 Å². The molecule has 0 spiro atoms. The Hall–Kier alpha value is -3.93. The quantitative estimate of drug-likeness (QED) is 0.487. The third-order valence-corrected chi connectivity index (χ3v) is 5.19. The van der Waals surface area contributed by atoms with Crippen LogP contribution in [-0.2, 0) is 0 Å². The average molecular weight is 381 g/mol. The van der Waals surface area contributed by atoms with E-state index in [1.54, 1.807) is 29.2 Å². The molecule has 6 heteroatoms. The number of aromatic nitrogens is 4. The molecule has 5 rings (SSSR count). The number of H-pyrrole nitrogens is 1. The lowest BCUT2D eigenvalue weighted by atomic mass is 9.91. The van der Waals surface area contributed by atoms with Crippen molar-refractivity contribution in [2.24, 2.45) is 0 Å². The van der Waals surface area contributed by atoms with Gasteiger partial charge in [-0.15, -0.1) is 0 Å². The smallest absolute Gasteiger partial charge is 0.256 e. The maximum atomic E-state index is 12.9. The fourth-order valence-electron chi connectivity index (χ4n) is 3.75. The molecule has 3 heterocycles. The number of amides is 1. The summed E-state index contributed by atoms with van der Waals surface area (Å²) in [7, 11) is 0. The van der Waals surface area contributed by atoms with Gasteiger partial charge in [-0.1, -0.05) is 48.5 Å². The monoisotopic (exact) mass is 381 g/mol. The molecule has 0 unspecified atom stereocenters. The SMILES string of the molecule is O=C(NC[C@@H](c1ccccc1)c1c[nH]c2ccccc12)c1cnn2cccnc12. The predicted molar refractivity (Wildman–Crippen MR) is 112 cm³/mol. The highest BCUT2D eigenvalue weighted by Gasteiger charge is 2.20. The second-order valence-electron chi connectivity index (χ2n) is 6.91. The van der Waals surface area contributed by atoms with Gasteiger partial charge in [0, 0.05) is 42.0 Å². The lowest BCUT2D eigenvalue weighted by Crippen LogP contribution is -2.29. The molecule has 0 aliphatic heterocycles. The number of nitrogens with zero attached hydrogens (tertiary/aromatic N) is 3. The second-order valence-corrected chi connectivity index (χ2v) is 6.91. The Morgan fingerprint density at radius 1 is 1.07 bits per heavy atom. The molecule has 29 heavy (non-hydrogen) atoms. The normalized spacial score (nSPS) is 12.3. The average Bonchev–Trinajstić information content (AvgIpc) is 3.39. The third-order valence-electron chi connectivity index (χ3n) is 5.19. The topological polar surface area (TPSA) is 75.1 Å². The molecular weight excluding hydrogens is 362 g/mol. The highest BCUT2D eigenvalue weighted by atomic mass is 16.1. The Morgan fingerprint density at radius 2 is 1.90 bits per heavy atom. The summed E-state index contributed by atoms with van der Waals surface area (Å²) in [4.78, 5) is 20.5. The van der Waals surface area contributed by atoms with E-state index in [9.17, 15) is 4.79 Å². The van der Waals surface area contributed by atoms with Gasteiger partial charge in [0.15, 0.2) is 5.65 Å². The zero-order valence-corrected chi connectivity index (χ0v) is 15.6. The number of rotatable bonds is 5. The number of fused-ring (bicyclic) bond motifs is 2. The first-order valence-corrected chi connectivity index (χ1v) is 9.49. The van der Waals surface area contributed by atoms with Crippen LogP contribution in [0.2, 0.25) is 0 Å².